The molecule has 1 heterocycles. The van der Waals surface area contributed by atoms with Gasteiger partial charge in [0.2, 0.25) is 5.91 Å². The molecular formula is C18H20FN3O4. The summed E-state index contributed by atoms with van der Waals surface area (Å²) in [6.45, 7) is 1.32. The first kappa shape index (κ1) is 18.0. The fraction of sp³-hybridized carbons (Fsp3) is 0.444. The lowest BCUT2D eigenvalue weighted by Gasteiger charge is -2.34. The van der Waals surface area contributed by atoms with E-state index in [1.165, 1.54) is 18.2 Å². The van der Waals surface area contributed by atoms with Crippen LogP contribution in [-0.2, 0) is 14.4 Å². The molecule has 3 rings (SSSR count). The van der Waals surface area contributed by atoms with E-state index < -0.39 is 36.1 Å². The first-order chi connectivity index (χ1) is 12.4. The van der Waals surface area contributed by atoms with Gasteiger partial charge in [0.1, 0.15) is 12.4 Å². The molecule has 7 nitrogen and oxygen atoms in total. The molecule has 26 heavy (non-hydrogen) atoms. The van der Waals surface area contributed by atoms with Gasteiger partial charge < -0.3 is 5.32 Å². The summed E-state index contributed by atoms with van der Waals surface area (Å²) < 4.78 is 13.6. The lowest BCUT2D eigenvalue weighted by Crippen LogP contribution is -2.46. The number of amides is 5. The number of hydrogen-bond acceptors (Lipinski definition) is 4. The highest BCUT2D eigenvalue weighted by Gasteiger charge is 2.49. The largest absolute Gasteiger partial charge is 0.334 e. The summed E-state index contributed by atoms with van der Waals surface area (Å²) in [5, 5.41) is 2.31. The van der Waals surface area contributed by atoms with Crippen LogP contribution in [0.2, 0.25) is 0 Å². The Balaban J connectivity index is 1.71. The van der Waals surface area contributed by atoms with Crippen molar-refractivity contribution in [3.8, 4) is 0 Å². The van der Waals surface area contributed by atoms with Gasteiger partial charge in [-0.1, -0.05) is 31.9 Å². The number of benzene rings is 1. The SMILES string of the molecule is C[C@H]1CCCC[C@@H]1N1C(=O)C(=O)N(CC(=O)Nc2ccccc2F)C1=O. The maximum absolute atomic E-state index is 13.6. The van der Waals surface area contributed by atoms with Gasteiger partial charge in [0, 0.05) is 6.04 Å². The molecule has 1 aliphatic heterocycles. The highest BCUT2D eigenvalue weighted by atomic mass is 19.1. The maximum atomic E-state index is 13.6. The third-order valence-corrected chi connectivity index (χ3v) is 4.93. The van der Waals surface area contributed by atoms with Gasteiger partial charge in [0.15, 0.2) is 0 Å². The van der Waals surface area contributed by atoms with E-state index in [-0.39, 0.29) is 17.6 Å². The van der Waals surface area contributed by atoms with E-state index in [4.69, 9.17) is 0 Å². The average molecular weight is 361 g/mol. The van der Waals surface area contributed by atoms with Crippen molar-refractivity contribution in [2.24, 2.45) is 5.92 Å². The average Bonchev–Trinajstić information content (AvgIpc) is 2.81. The zero-order valence-corrected chi connectivity index (χ0v) is 14.4. The van der Waals surface area contributed by atoms with Crippen molar-refractivity contribution in [2.45, 2.75) is 38.6 Å². The molecule has 0 radical (unpaired) electrons. The van der Waals surface area contributed by atoms with Crippen LogP contribution in [0.25, 0.3) is 0 Å². The number of carbonyl (C=O) groups excluding carboxylic acids is 4. The Labute approximate surface area is 150 Å². The highest BCUT2D eigenvalue weighted by molar-refractivity contribution is 6.45. The lowest BCUT2D eigenvalue weighted by molar-refractivity contribution is -0.145. The second-order valence-electron chi connectivity index (χ2n) is 6.71. The standard InChI is InChI=1S/C18H20FN3O4/c1-11-6-2-5-9-14(11)22-17(25)16(24)21(18(22)26)10-15(23)20-13-8-4-3-7-12(13)19/h3-4,7-8,11,14H,2,5-6,9-10H2,1H3,(H,20,23)/t11-,14-/m0/s1. The van der Waals surface area contributed by atoms with Gasteiger partial charge >= 0.3 is 17.8 Å². The number of hydrogen-bond donors (Lipinski definition) is 1. The monoisotopic (exact) mass is 361 g/mol. The van der Waals surface area contributed by atoms with E-state index in [2.05, 4.69) is 5.32 Å². The Morgan fingerprint density at radius 3 is 2.54 bits per heavy atom. The fourth-order valence-corrected chi connectivity index (χ4v) is 3.53. The molecule has 8 heteroatoms. The summed E-state index contributed by atoms with van der Waals surface area (Å²) in [7, 11) is 0. The second kappa shape index (κ2) is 7.23. The van der Waals surface area contributed by atoms with Gasteiger partial charge in [-0.05, 0) is 30.9 Å². The van der Waals surface area contributed by atoms with Crippen LogP contribution in [0.15, 0.2) is 24.3 Å². The second-order valence-corrected chi connectivity index (χ2v) is 6.71. The number of imide groups is 2. The minimum Gasteiger partial charge on any atom is -0.322 e. The normalized spacial score (nSPS) is 23.5. The molecule has 2 fully saturated rings. The zero-order valence-electron chi connectivity index (χ0n) is 14.4. The Morgan fingerprint density at radius 1 is 1.15 bits per heavy atom. The topological polar surface area (TPSA) is 86.8 Å². The number of para-hydroxylation sites is 1. The van der Waals surface area contributed by atoms with Gasteiger partial charge in [-0.3, -0.25) is 19.3 Å². The van der Waals surface area contributed by atoms with Crippen LogP contribution in [0, 0.1) is 11.7 Å². The van der Waals surface area contributed by atoms with E-state index in [0.29, 0.717) is 11.3 Å². The van der Waals surface area contributed by atoms with E-state index >= 15 is 0 Å². The summed E-state index contributed by atoms with van der Waals surface area (Å²) in [6, 6.07) is 4.45. The zero-order chi connectivity index (χ0) is 18.8. The summed E-state index contributed by atoms with van der Waals surface area (Å²) in [5.74, 6) is -3.18. The first-order valence-electron chi connectivity index (χ1n) is 8.63. The molecule has 138 valence electrons. The summed E-state index contributed by atoms with van der Waals surface area (Å²) >= 11 is 0. The van der Waals surface area contributed by atoms with E-state index in [9.17, 15) is 23.6 Å². The van der Waals surface area contributed by atoms with E-state index in [1.807, 2.05) is 6.92 Å². The smallest absolute Gasteiger partial charge is 0.322 e. The minimum absolute atomic E-state index is 0.0549. The van der Waals surface area contributed by atoms with Gasteiger partial charge in [-0.15, -0.1) is 0 Å². The van der Waals surface area contributed by atoms with Crippen LogP contribution >= 0.6 is 0 Å². The predicted molar refractivity (Wildman–Crippen MR) is 90.4 cm³/mol. The quantitative estimate of drug-likeness (QED) is 0.657. The van der Waals surface area contributed by atoms with Crippen molar-refractivity contribution in [1.82, 2.24) is 9.80 Å². The van der Waals surface area contributed by atoms with Gasteiger partial charge in [0.25, 0.3) is 0 Å². The first-order valence-corrected chi connectivity index (χ1v) is 8.63. The molecule has 1 saturated carbocycles. The van der Waals surface area contributed by atoms with Crippen molar-refractivity contribution < 1.29 is 23.6 Å². The van der Waals surface area contributed by atoms with Crippen molar-refractivity contribution >= 4 is 29.4 Å². The molecular weight excluding hydrogens is 341 g/mol. The molecule has 0 aromatic heterocycles. The molecule has 2 atom stereocenters. The van der Waals surface area contributed by atoms with Crippen molar-refractivity contribution in [1.29, 1.82) is 0 Å². The van der Waals surface area contributed by atoms with Gasteiger partial charge in [0.05, 0.1) is 5.69 Å². The predicted octanol–water partition coefficient (Wildman–Crippen LogP) is 2.13. The Bertz CT molecular complexity index is 767. The van der Waals surface area contributed by atoms with Crippen LogP contribution < -0.4 is 5.32 Å². The maximum Gasteiger partial charge on any atom is 0.334 e. The summed E-state index contributed by atoms with van der Waals surface area (Å²) in [5.41, 5.74) is -0.0549. The van der Waals surface area contributed by atoms with Gasteiger partial charge in [-0.2, -0.15) is 0 Å². The van der Waals surface area contributed by atoms with Crippen LogP contribution in [-0.4, -0.2) is 46.1 Å². The van der Waals surface area contributed by atoms with Crippen LogP contribution in [0.1, 0.15) is 32.6 Å². The minimum atomic E-state index is -1.02. The summed E-state index contributed by atoms with van der Waals surface area (Å²) in [6.07, 6.45) is 3.44. The molecule has 0 spiro atoms. The number of rotatable bonds is 4. The Kier molecular flexibility index (Phi) is 5.01. The van der Waals surface area contributed by atoms with Gasteiger partial charge in [-0.25, -0.2) is 14.1 Å². The summed E-state index contributed by atoms with van der Waals surface area (Å²) in [4.78, 5) is 50.8. The molecule has 1 saturated heterocycles. The molecule has 5 amide bonds. The third-order valence-electron chi connectivity index (χ3n) is 4.93. The fourth-order valence-electron chi connectivity index (χ4n) is 3.53. The number of halogens is 1. The van der Waals surface area contributed by atoms with Crippen molar-refractivity contribution in [2.75, 3.05) is 11.9 Å². The highest BCUT2D eigenvalue weighted by Crippen LogP contribution is 2.31. The van der Waals surface area contributed by atoms with Crippen molar-refractivity contribution in [3.05, 3.63) is 30.1 Å². The molecule has 2 aliphatic rings. The lowest BCUT2D eigenvalue weighted by atomic mass is 9.85. The van der Waals surface area contributed by atoms with E-state index in [0.717, 1.165) is 24.2 Å². The Morgan fingerprint density at radius 2 is 1.85 bits per heavy atom. The number of urea groups is 1. The van der Waals surface area contributed by atoms with Crippen molar-refractivity contribution in [3.63, 3.8) is 0 Å². The van der Waals surface area contributed by atoms with E-state index in [1.54, 1.807) is 6.07 Å². The molecule has 1 aliphatic carbocycles. The molecule has 0 unspecified atom stereocenters. The van der Waals surface area contributed by atoms with Crippen LogP contribution in [0.5, 0.6) is 0 Å². The molecule has 1 aromatic carbocycles. The van der Waals surface area contributed by atoms with Crippen LogP contribution in [0.4, 0.5) is 14.9 Å². The molecule has 1 aromatic rings. The Hall–Kier alpha value is -2.77. The van der Waals surface area contributed by atoms with Crippen LogP contribution in [0.3, 0.4) is 0 Å². The third kappa shape index (κ3) is 3.31. The number of anilines is 1. The number of nitrogens with one attached hydrogen (secondary N) is 1. The molecule has 0 bridgehead atoms. The number of nitrogens with zero attached hydrogens (tertiary/aromatic N) is 2. The molecule has 1 N–H and O–H groups in total. The number of carbonyl (C=O) groups is 4.